The molecule has 2 aromatic carbocycles. The van der Waals surface area contributed by atoms with Crippen molar-refractivity contribution in [1.29, 1.82) is 0 Å². The van der Waals surface area contributed by atoms with Gasteiger partial charge in [0, 0.05) is 49.0 Å². The Morgan fingerprint density at radius 1 is 1.11 bits per heavy atom. The van der Waals surface area contributed by atoms with E-state index < -0.39 is 14.9 Å². The van der Waals surface area contributed by atoms with Crippen molar-refractivity contribution >= 4 is 50.3 Å². The van der Waals surface area contributed by atoms with Crippen molar-refractivity contribution in [3.05, 3.63) is 63.7 Å². The number of non-ortho nitro benzene ring substituents is 1. The zero-order valence-corrected chi connectivity index (χ0v) is 17.0. The van der Waals surface area contributed by atoms with Crippen LogP contribution in [0.25, 0.3) is 0 Å². The van der Waals surface area contributed by atoms with Crippen LogP contribution in [0.5, 0.6) is 0 Å². The summed E-state index contributed by atoms with van der Waals surface area (Å²) in [7, 11) is -3.59. The van der Waals surface area contributed by atoms with E-state index in [1.807, 2.05) is 4.90 Å². The minimum Gasteiger partial charge on any atom is -0.346 e. The lowest BCUT2D eigenvalue weighted by Gasteiger charge is -2.35. The predicted octanol–water partition coefficient (Wildman–Crippen LogP) is 2.95. The monoisotopic (exact) mass is 440 g/mol. The Morgan fingerprint density at radius 3 is 2.36 bits per heavy atom. The van der Waals surface area contributed by atoms with Gasteiger partial charge in [0.2, 0.25) is 10.0 Å². The Balaban J connectivity index is 1.62. The maximum Gasteiger partial charge on any atom is 0.271 e. The summed E-state index contributed by atoms with van der Waals surface area (Å²) in [5.74, 6) is 0. The Labute approximate surface area is 172 Å². The molecule has 0 aliphatic carbocycles. The molecule has 1 N–H and O–H groups in total. The normalized spacial score (nSPS) is 15.2. The van der Waals surface area contributed by atoms with Crippen LogP contribution < -0.4 is 5.32 Å². The first-order valence-electron chi connectivity index (χ1n) is 8.33. The number of hydrogen-bond donors (Lipinski definition) is 1. The third-order valence-electron chi connectivity index (χ3n) is 4.29. The molecule has 8 nitrogen and oxygen atoms in total. The molecule has 1 aliphatic rings. The molecule has 148 valence electrons. The fourth-order valence-electron chi connectivity index (χ4n) is 2.79. The standard InChI is InChI=1S/C17H17ClN4O4S2/c18-13-4-6-16(7-5-13)28(25,26)21-10-8-20(9-11-21)17(27)19-14-2-1-3-15(12-14)22(23)24/h1-7,12H,8-11H2,(H,19,27). The number of nitro benzene ring substituents is 1. The molecule has 3 rings (SSSR count). The molecule has 1 saturated heterocycles. The van der Waals surface area contributed by atoms with Gasteiger partial charge >= 0.3 is 0 Å². The maximum atomic E-state index is 12.7. The van der Waals surface area contributed by atoms with Crippen LogP contribution in [0.4, 0.5) is 11.4 Å². The number of rotatable bonds is 4. The molecule has 1 fully saturated rings. The minimum absolute atomic E-state index is 0.0355. The van der Waals surface area contributed by atoms with Gasteiger partial charge in [0.15, 0.2) is 5.11 Å². The van der Waals surface area contributed by atoms with E-state index in [9.17, 15) is 18.5 Å². The van der Waals surface area contributed by atoms with Gasteiger partial charge in [0.1, 0.15) is 0 Å². The third kappa shape index (κ3) is 4.58. The molecule has 0 unspecified atom stereocenters. The number of nitrogens with one attached hydrogen (secondary N) is 1. The van der Waals surface area contributed by atoms with E-state index in [1.165, 1.54) is 28.6 Å². The lowest BCUT2D eigenvalue weighted by molar-refractivity contribution is -0.384. The van der Waals surface area contributed by atoms with Gasteiger partial charge in [0.05, 0.1) is 9.82 Å². The second-order valence-corrected chi connectivity index (χ2v) is 8.84. The average Bonchev–Trinajstić information content (AvgIpc) is 2.68. The maximum absolute atomic E-state index is 12.7. The van der Waals surface area contributed by atoms with Crippen molar-refractivity contribution in [2.24, 2.45) is 0 Å². The summed E-state index contributed by atoms with van der Waals surface area (Å²) in [4.78, 5) is 12.4. The summed E-state index contributed by atoms with van der Waals surface area (Å²) in [5, 5.41) is 14.7. The van der Waals surface area contributed by atoms with Gasteiger partial charge in [-0.15, -0.1) is 0 Å². The number of thiocarbonyl (C=S) groups is 1. The van der Waals surface area contributed by atoms with Crippen molar-refractivity contribution in [3.63, 3.8) is 0 Å². The zero-order valence-electron chi connectivity index (χ0n) is 14.6. The summed E-state index contributed by atoms with van der Waals surface area (Å²) in [6.07, 6.45) is 0. The van der Waals surface area contributed by atoms with Gasteiger partial charge in [-0.2, -0.15) is 4.31 Å². The van der Waals surface area contributed by atoms with Gasteiger partial charge < -0.3 is 10.2 Å². The van der Waals surface area contributed by atoms with E-state index in [0.717, 1.165) is 0 Å². The zero-order chi connectivity index (χ0) is 20.3. The number of halogens is 1. The molecular formula is C17H17ClN4O4S2. The SMILES string of the molecule is O=[N+]([O-])c1cccc(NC(=S)N2CCN(S(=O)(=O)c3ccc(Cl)cc3)CC2)c1. The Hall–Kier alpha value is -2.27. The van der Waals surface area contributed by atoms with Crippen molar-refractivity contribution in [3.8, 4) is 0 Å². The number of nitro groups is 1. The van der Waals surface area contributed by atoms with Crippen molar-refractivity contribution in [1.82, 2.24) is 9.21 Å². The summed E-state index contributed by atoms with van der Waals surface area (Å²) >= 11 is 11.2. The Kier molecular flexibility index (Phi) is 6.14. The van der Waals surface area contributed by atoms with Gasteiger partial charge in [0.25, 0.3) is 5.69 Å². The number of sulfonamides is 1. The molecule has 28 heavy (non-hydrogen) atoms. The van der Waals surface area contributed by atoms with Crippen LogP contribution in [0.2, 0.25) is 5.02 Å². The third-order valence-corrected chi connectivity index (χ3v) is 6.81. The second kappa shape index (κ2) is 8.39. The molecule has 0 radical (unpaired) electrons. The largest absolute Gasteiger partial charge is 0.346 e. The van der Waals surface area contributed by atoms with Crippen LogP contribution in [0.15, 0.2) is 53.4 Å². The molecule has 0 bridgehead atoms. The molecule has 2 aromatic rings. The topological polar surface area (TPSA) is 95.8 Å². The number of nitrogens with zero attached hydrogens (tertiary/aromatic N) is 3. The molecule has 1 heterocycles. The highest BCUT2D eigenvalue weighted by Crippen LogP contribution is 2.21. The van der Waals surface area contributed by atoms with Gasteiger partial charge in [-0.05, 0) is 42.5 Å². The quantitative estimate of drug-likeness (QED) is 0.443. The number of anilines is 1. The lowest BCUT2D eigenvalue weighted by atomic mass is 10.3. The fraction of sp³-hybridized carbons (Fsp3) is 0.235. The minimum atomic E-state index is -3.59. The van der Waals surface area contributed by atoms with Crippen molar-refractivity contribution in [2.45, 2.75) is 4.90 Å². The van der Waals surface area contributed by atoms with E-state index in [0.29, 0.717) is 28.9 Å². The molecule has 0 atom stereocenters. The number of piperazine rings is 1. The van der Waals surface area contributed by atoms with E-state index in [4.69, 9.17) is 23.8 Å². The predicted molar refractivity (Wildman–Crippen MR) is 111 cm³/mol. The lowest BCUT2D eigenvalue weighted by Crippen LogP contribution is -2.51. The molecule has 1 aliphatic heterocycles. The van der Waals surface area contributed by atoms with Gasteiger partial charge in [-0.1, -0.05) is 17.7 Å². The molecule has 0 aromatic heterocycles. The average molecular weight is 441 g/mol. The smallest absolute Gasteiger partial charge is 0.271 e. The summed E-state index contributed by atoms with van der Waals surface area (Å²) in [5.41, 5.74) is 0.474. The van der Waals surface area contributed by atoms with Crippen molar-refractivity contribution < 1.29 is 13.3 Å². The van der Waals surface area contributed by atoms with E-state index in [-0.39, 0.29) is 23.7 Å². The summed E-state index contributed by atoms with van der Waals surface area (Å²) in [6, 6.07) is 12.1. The van der Waals surface area contributed by atoms with Crippen LogP contribution in [0.3, 0.4) is 0 Å². The van der Waals surface area contributed by atoms with E-state index in [2.05, 4.69) is 5.32 Å². The van der Waals surface area contributed by atoms with Crippen LogP contribution in [-0.2, 0) is 10.0 Å². The van der Waals surface area contributed by atoms with Crippen LogP contribution in [0, 0.1) is 10.1 Å². The van der Waals surface area contributed by atoms with Gasteiger partial charge in [-0.25, -0.2) is 8.42 Å². The van der Waals surface area contributed by atoms with E-state index in [1.54, 1.807) is 24.3 Å². The van der Waals surface area contributed by atoms with Crippen LogP contribution >= 0.6 is 23.8 Å². The first-order valence-corrected chi connectivity index (χ1v) is 10.6. The Morgan fingerprint density at radius 2 is 1.75 bits per heavy atom. The Bertz CT molecular complexity index is 990. The molecule has 0 saturated carbocycles. The van der Waals surface area contributed by atoms with Crippen molar-refractivity contribution in [2.75, 3.05) is 31.5 Å². The van der Waals surface area contributed by atoms with E-state index >= 15 is 0 Å². The fourth-order valence-corrected chi connectivity index (χ4v) is 4.64. The highest BCUT2D eigenvalue weighted by atomic mass is 35.5. The summed E-state index contributed by atoms with van der Waals surface area (Å²) in [6.45, 7) is 1.38. The molecule has 11 heteroatoms. The van der Waals surface area contributed by atoms with Crippen LogP contribution in [0.1, 0.15) is 0 Å². The molecular weight excluding hydrogens is 424 g/mol. The molecule has 0 spiro atoms. The summed E-state index contributed by atoms with van der Waals surface area (Å²) < 4.78 is 26.8. The first-order chi connectivity index (χ1) is 13.3. The number of hydrogen-bond acceptors (Lipinski definition) is 5. The number of benzene rings is 2. The van der Waals surface area contributed by atoms with Crippen LogP contribution in [-0.4, -0.2) is 53.8 Å². The second-order valence-electron chi connectivity index (χ2n) is 6.08. The highest BCUT2D eigenvalue weighted by molar-refractivity contribution is 7.89. The van der Waals surface area contributed by atoms with Gasteiger partial charge in [-0.3, -0.25) is 10.1 Å². The first kappa shape index (κ1) is 20.5. The molecule has 0 amide bonds. The highest BCUT2D eigenvalue weighted by Gasteiger charge is 2.29.